The van der Waals surface area contributed by atoms with Crippen molar-refractivity contribution in [2.45, 2.75) is 46.2 Å². The molecule has 0 bridgehead atoms. The van der Waals surface area contributed by atoms with Gasteiger partial charge < -0.3 is 10.2 Å². The van der Waals surface area contributed by atoms with Crippen molar-refractivity contribution in [1.29, 1.82) is 0 Å². The van der Waals surface area contributed by atoms with Crippen LogP contribution in [0.2, 0.25) is 0 Å². The molecule has 1 N–H and O–H groups in total. The second kappa shape index (κ2) is 6.57. The van der Waals surface area contributed by atoms with Gasteiger partial charge in [-0.05, 0) is 55.8 Å². The number of hydrogen-bond donors (Lipinski definition) is 1. The zero-order valence-corrected chi connectivity index (χ0v) is 13.1. The Morgan fingerprint density at radius 2 is 2.00 bits per heavy atom. The average molecular weight is 278 g/mol. The Kier molecular flexibility index (Phi) is 5.03. The molecule has 1 aromatic rings. The van der Waals surface area contributed by atoms with Gasteiger partial charge in [-0.25, -0.2) is 4.39 Å². The van der Waals surface area contributed by atoms with Crippen LogP contribution in [0.4, 0.5) is 10.1 Å². The summed E-state index contributed by atoms with van der Waals surface area (Å²) in [6.07, 6.45) is 2.56. The van der Waals surface area contributed by atoms with Gasteiger partial charge in [0.15, 0.2) is 0 Å². The van der Waals surface area contributed by atoms with Gasteiger partial charge in [-0.2, -0.15) is 0 Å². The molecule has 1 aliphatic carbocycles. The molecular formula is C17H27FN2. The molecule has 0 aromatic heterocycles. The monoisotopic (exact) mass is 278 g/mol. The van der Waals surface area contributed by atoms with E-state index in [1.807, 2.05) is 19.2 Å². The van der Waals surface area contributed by atoms with Crippen LogP contribution in [0.5, 0.6) is 0 Å². The van der Waals surface area contributed by atoms with E-state index in [-0.39, 0.29) is 5.82 Å². The van der Waals surface area contributed by atoms with E-state index in [0.29, 0.717) is 12.0 Å². The average Bonchev–Trinajstić information content (AvgIpc) is 3.21. The summed E-state index contributed by atoms with van der Waals surface area (Å²) < 4.78 is 14.3. The molecule has 0 saturated heterocycles. The number of rotatable bonds is 7. The third-order valence-corrected chi connectivity index (χ3v) is 4.19. The SMILES string of the molecule is CC(C)CNCc1ccc(N(C)C(C)C2CC2)c(F)c1. The summed E-state index contributed by atoms with van der Waals surface area (Å²) in [5.41, 5.74) is 1.73. The zero-order valence-electron chi connectivity index (χ0n) is 13.1. The van der Waals surface area contributed by atoms with E-state index in [2.05, 4.69) is 31.0 Å². The second-order valence-corrected chi connectivity index (χ2v) is 6.50. The topological polar surface area (TPSA) is 15.3 Å². The highest BCUT2D eigenvalue weighted by atomic mass is 19.1. The minimum absolute atomic E-state index is 0.108. The Hall–Kier alpha value is -1.09. The van der Waals surface area contributed by atoms with Gasteiger partial charge in [0, 0.05) is 19.6 Å². The Balaban J connectivity index is 1.97. The minimum atomic E-state index is -0.108. The van der Waals surface area contributed by atoms with Crippen LogP contribution < -0.4 is 10.2 Å². The molecular weight excluding hydrogens is 251 g/mol. The molecule has 1 atom stereocenters. The third-order valence-electron chi connectivity index (χ3n) is 4.19. The summed E-state index contributed by atoms with van der Waals surface area (Å²) in [4.78, 5) is 2.08. The van der Waals surface area contributed by atoms with Gasteiger partial charge in [-0.1, -0.05) is 19.9 Å². The van der Waals surface area contributed by atoms with E-state index in [9.17, 15) is 4.39 Å². The van der Waals surface area contributed by atoms with Crippen LogP contribution in [-0.2, 0) is 6.54 Å². The highest BCUT2D eigenvalue weighted by Crippen LogP contribution is 2.36. The van der Waals surface area contributed by atoms with Crippen molar-refractivity contribution < 1.29 is 4.39 Å². The minimum Gasteiger partial charge on any atom is -0.369 e. The standard InChI is InChI=1S/C17H27FN2/c1-12(2)10-19-11-14-5-8-17(16(18)9-14)20(4)13(3)15-6-7-15/h5,8-9,12-13,15,19H,6-7,10-11H2,1-4H3. The molecule has 1 saturated carbocycles. The van der Waals surface area contributed by atoms with Gasteiger partial charge in [0.2, 0.25) is 0 Å². The first-order valence-corrected chi connectivity index (χ1v) is 7.71. The van der Waals surface area contributed by atoms with Gasteiger partial charge in [-0.3, -0.25) is 0 Å². The van der Waals surface area contributed by atoms with E-state index < -0.39 is 0 Å². The Labute approximate surface area is 122 Å². The van der Waals surface area contributed by atoms with Gasteiger partial charge in [0.05, 0.1) is 5.69 Å². The zero-order chi connectivity index (χ0) is 14.7. The first kappa shape index (κ1) is 15.3. The van der Waals surface area contributed by atoms with Gasteiger partial charge in [0.1, 0.15) is 5.82 Å². The number of halogens is 1. The third kappa shape index (κ3) is 3.95. The Morgan fingerprint density at radius 3 is 2.55 bits per heavy atom. The van der Waals surface area contributed by atoms with Crippen molar-refractivity contribution in [2.75, 3.05) is 18.5 Å². The molecule has 2 nitrogen and oxygen atoms in total. The van der Waals surface area contributed by atoms with Crippen LogP contribution in [-0.4, -0.2) is 19.6 Å². The maximum absolute atomic E-state index is 14.3. The van der Waals surface area contributed by atoms with Crippen LogP contribution in [0.1, 0.15) is 39.2 Å². The lowest BCUT2D eigenvalue weighted by molar-refractivity contribution is 0.548. The summed E-state index contributed by atoms with van der Waals surface area (Å²) in [7, 11) is 2.00. The van der Waals surface area contributed by atoms with E-state index in [4.69, 9.17) is 0 Å². The first-order valence-electron chi connectivity index (χ1n) is 7.71. The second-order valence-electron chi connectivity index (χ2n) is 6.50. The Morgan fingerprint density at radius 1 is 1.30 bits per heavy atom. The van der Waals surface area contributed by atoms with Crippen LogP contribution in [0, 0.1) is 17.7 Å². The van der Waals surface area contributed by atoms with Crippen LogP contribution in [0.3, 0.4) is 0 Å². The highest BCUT2D eigenvalue weighted by molar-refractivity contribution is 5.49. The van der Waals surface area contributed by atoms with Crippen molar-refractivity contribution >= 4 is 5.69 Å². The number of nitrogens with zero attached hydrogens (tertiary/aromatic N) is 1. The van der Waals surface area contributed by atoms with E-state index in [1.54, 1.807) is 6.07 Å². The van der Waals surface area contributed by atoms with E-state index >= 15 is 0 Å². The van der Waals surface area contributed by atoms with E-state index in [1.165, 1.54) is 12.8 Å². The summed E-state index contributed by atoms with van der Waals surface area (Å²) in [5, 5.41) is 3.35. The fourth-order valence-electron chi connectivity index (χ4n) is 2.57. The maximum Gasteiger partial charge on any atom is 0.146 e. The molecule has 0 amide bonds. The fraction of sp³-hybridized carbons (Fsp3) is 0.647. The van der Waals surface area contributed by atoms with Crippen LogP contribution in [0.15, 0.2) is 18.2 Å². The number of anilines is 1. The van der Waals surface area contributed by atoms with Crippen LogP contribution in [0.25, 0.3) is 0 Å². The molecule has 20 heavy (non-hydrogen) atoms. The van der Waals surface area contributed by atoms with Gasteiger partial charge >= 0.3 is 0 Å². The first-order chi connectivity index (χ1) is 9.49. The highest BCUT2D eigenvalue weighted by Gasteiger charge is 2.31. The number of benzene rings is 1. The molecule has 0 spiro atoms. The van der Waals surface area contributed by atoms with E-state index in [0.717, 1.165) is 30.3 Å². The summed E-state index contributed by atoms with van der Waals surface area (Å²) in [6, 6.07) is 6.04. The number of nitrogens with one attached hydrogen (secondary N) is 1. The molecule has 1 fully saturated rings. The molecule has 1 unspecified atom stereocenters. The largest absolute Gasteiger partial charge is 0.369 e. The fourth-order valence-corrected chi connectivity index (χ4v) is 2.57. The molecule has 112 valence electrons. The maximum atomic E-state index is 14.3. The lowest BCUT2D eigenvalue weighted by atomic mass is 10.1. The smallest absolute Gasteiger partial charge is 0.146 e. The molecule has 1 aliphatic rings. The van der Waals surface area contributed by atoms with Crippen molar-refractivity contribution in [3.63, 3.8) is 0 Å². The molecule has 0 radical (unpaired) electrons. The normalized spacial score (nSPS) is 16.5. The predicted octanol–water partition coefficient (Wildman–Crippen LogP) is 3.81. The molecule has 0 heterocycles. The van der Waals surface area contributed by atoms with Crippen molar-refractivity contribution in [3.05, 3.63) is 29.6 Å². The van der Waals surface area contributed by atoms with Crippen molar-refractivity contribution in [2.24, 2.45) is 11.8 Å². The summed E-state index contributed by atoms with van der Waals surface area (Å²) >= 11 is 0. The van der Waals surface area contributed by atoms with Crippen molar-refractivity contribution in [3.8, 4) is 0 Å². The quantitative estimate of drug-likeness (QED) is 0.816. The molecule has 0 aliphatic heterocycles. The lowest BCUT2D eigenvalue weighted by Gasteiger charge is -2.27. The number of hydrogen-bond acceptors (Lipinski definition) is 2. The lowest BCUT2D eigenvalue weighted by Crippen LogP contribution is -2.31. The van der Waals surface area contributed by atoms with Crippen molar-refractivity contribution in [1.82, 2.24) is 5.32 Å². The Bertz CT molecular complexity index is 441. The molecule has 3 heteroatoms. The summed E-state index contributed by atoms with van der Waals surface area (Å²) in [5.74, 6) is 1.25. The van der Waals surface area contributed by atoms with Gasteiger partial charge in [-0.15, -0.1) is 0 Å². The molecule has 2 rings (SSSR count). The predicted molar refractivity (Wildman–Crippen MR) is 83.5 cm³/mol. The summed E-state index contributed by atoms with van der Waals surface area (Å²) in [6.45, 7) is 8.23. The van der Waals surface area contributed by atoms with Gasteiger partial charge in [0.25, 0.3) is 0 Å². The molecule has 1 aromatic carbocycles. The van der Waals surface area contributed by atoms with Crippen LogP contribution >= 0.6 is 0 Å².